The number of rotatable bonds is 54. The van der Waals surface area contributed by atoms with Gasteiger partial charge in [-0.1, -0.05) is 289 Å². The molecule has 5 N–H and O–H groups in total. The van der Waals surface area contributed by atoms with Crippen LogP contribution in [-0.4, -0.2) is 57.3 Å². The van der Waals surface area contributed by atoms with Crippen molar-refractivity contribution < 1.29 is 25.2 Å². The molecule has 0 bridgehead atoms. The smallest absolute Gasteiger partial charge is 0.249 e. The van der Waals surface area contributed by atoms with Crippen molar-refractivity contribution in [3.63, 3.8) is 0 Å². The lowest BCUT2D eigenvalue weighted by molar-refractivity contribution is -0.132. The van der Waals surface area contributed by atoms with Crippen LogP contribution < -0.4 is 5.32 Å². The number of hydrogen-bond donors (Lipinski definition) is 5. The molecule has 0 fully saturated rings. The summed E-state index contributed by atoms with van der Waals surface area (Å²) < 4.78 is 0. The normalized spacial score (nSPS) is 13.9. The lowest BCUT2D eigenvalue weighted by Crippen LogP contribution is -2.53. The van der Waals surface area contributed by atoms with E-state index in [1.807, 2.05) is 0 Å². The second-order valence-electron chi connectivity index (χ2n) is 20.3. The Kier molecular flexibility index (Phi) is 52.7. The Morgan fingerprint density at radius 1 is 0.369 bits per heavy atom. The fraction of sp³-hybridized carbons (Fsp3) is 0.915. The van der Waals surface area contributed by atoms with E-state index in [-0.39, 0.29) is 0 Å². The van der Waals surface area contributed by atoms with Crippen LogP contribution in [0.4, 0.5) is 0 Å². The van der Waals surface area contributed by atoms with Crippen LogP contribution in [0.15, 0.2) is 24.3 Å². The van der Waals surface area contributed by atoms with Gasteiger partial charge >= 0.3 is 0 Å². The second kappa shape index (κ2) is 53.7. The largest absolute Gasteiger partial charge is 0.394 e. The minimum atomic E-state index is -1.29. The molecule has 0 aliphatic rings. The first kappa shape index (κ1) is 63.8. The molecular formula is C59H115NO5. The van der Waals surface area contributed by atoms with Crippen LogP contribution in [-0.2, 0) is 4.79 Å². The molecule has 0 spiro atoms. The zero-order valence-electron chi connectivity index (χ0n) is 43.8. The number of carbonyl (C=O) groups is 1. The number of carbonyl (C=O) groups excluding carboxylic acids is 1. The zero-order chi connectivity index (χ0) is 47.4. The van der Waals surface area contributed by atoms with Crippen LogP contribution in [0.2, 0.25) is 0 Å². The third-order valence-electron chi connectivity index (χ3n) is 13.9. The van der Waals surface area contributed by atoms with Gasteiger partial charge in [0.05, 0.1) is 18.8 Å². The van der Waals surface area contributed by atoms with E-state index in [0.717, 1.165) is 38.5 Å². The minimum absolute atomic E-state index is 0.364. The van der Waals surface area contributed by atoms with Gasteiger partial charge in [0.15, 0.2) is 0 Å². The van der Waals surface area contributed by atoms with Gasteiger partial charge in [-0.3, -0.25) is 4.79 Å². The average molecular weight is 919 g/mol. The lowest BCUT2D eigenvalue weighted by atomic mass is 10.00. The molecule has 0 aliphatic heterocycles. The summed E-state index contributed by atoms with van der Waals surface area (Å²) in [4.78, 5) is 12.6. The van der Waals surface area contributed by atoms with E-state index in [0.29, 0.717) is 19.3 Å². The maximum Gasteiger partial charge on any atom is 0.249 e. The molecular weight excluding hydrogens is 803 g/mol. The number of amides is 1. The Morgan fingerprint density at radius 2 is 0.646 bits per heavy atom. The van der Waals surface area contributed by atoms with E-state index in [1.54, 1.807) is 0 Å². The quantitative estimate of drug-likeness (QED) is 0.0308. The van der Waals surface area contributed by atoms with Gasteiger partial charge in [-0.2, -0.15) is 0 Å². The minimum Gasteiger partial charge on any atom is -0.394 e. The first-order chi connectivity index (χ1) is 32.0. The van der Waals surface area contributed by atoms with Crippen molar-refractivity contribution in [2.24, 2.45) is 0 Å². The molecule has 0 radical (unpaired) electrons. The number of aliphatic hydroxyl groups is 4. The van der Waals surface area contributed by atoms with Crippen LogP contribution in [0.5, 0.6) is 0 Å². The number of unbranched alkanes of at least 4 members (excludes halogenated alkanes) is 41. The number of nitrogens with one attached hydrogen (secondary N) is 1. The van der Waals surface area contributed by atoms with Gasteiger partial charge in [-0.15, -0.1) is 0 Å². The summed E-state index contributed by atoms with van der Waals surface area (Å²) in [6.07, 6.45) is 65.5. The Hall–Kier alpha value is -1.21. The third-order valence-corrected chi connectivity index (χ3v) is 13.9. The summed E-state index contributed by atoms with van der Waals surface area (Å²) in [5.41, 5.74) is 0. The topological polar surface area (TPSA) is 110 Å². The van der Waals surface area contributed by atoms with E-state index < -0.39 is 36.9 Å². The highest BCUT2D eigenvalue weighted by atomic mass is 16.3. The summed E-state index contributed by atoms with van der Waals surface area (Å²) in [6.45, 7) is 4.08. The molecule has 0 saturated heterocycles. The number of allylic oxidation sites excluding steroid dienone is 4. The first-order valence-electron chi connectivity index (χ1n) is 29.2. The fourth-order valence-electron chi connectivity index (χ4n) is 9.31. The van der Waals surface area contributed by atoms with Crippen LogP contribution in [0.3, 0.4) is 0 Å². The van der Waals surface area contributed by atoms with E-state index in [9.17, 15) is 25.2 Å². The van der Waals surface area contributed by atoms with E-state index in [2.05, 4.69) is 43.5 Å². The highest BCUT2D eigenvalue weighted by molar-refractivity contribution is 5.80. The summed E-state index contributed by atoms with van der Waals surface area (Å²) in [5, 5.41) is 44.0. The van der Waals surface area contributed by atoms with Crippen molar-refractivity contribution in [1.29, 1.82) is 0 Å². The maximum atomic E-state index is 12.6. The van der Waals surface area contributed by atoms with Crippen molar-refractivity contribution in [2.75, 3.05) is 6.61 Å². The predicted molar refractivity (Wildman–Crippen MR) is 284 cm³/mol. The van der Waals surface area contributed by atoms with Gasteiger partial charge in [0.2, 0.25) is 5.91 Å². The SMILES string of the molecule is CCCCCCCCCCCCCCCCCCCCCCC/C=C/CC/C=C/CCCC(O)C(O)C(CO)NC(=O)C(O)CCCCCCCCCCCCCCCCCCCCC. The molecule has 65 heavy (non-hydrogen) atoms. The van der Waals surface area contributed by atoms with E-state index >= 15 is 0 Å². The Bertz CT molecular complexity index is 986. The molecule has 6 heteroatoms. The van der Waals surface area contributed by atoms with Gasteiger partial charge in [-0.05, 0) is 51.4 Å². The highest BCUT2D eigenvalue weighted by Gasteiger charge is 2.28. The van der Waals surface area contributed by atoms with E-state index in [4.69, 9.17) is 0 Å². The van der Waals surface area contributed by atoms with Gasteiger partial charge in [-0.25, -0.2) is 0 Å². The number of aliphatic hydroxyl groups excluding tert-OH is 4. The molecule has 6 nitrogen and oxygen atoms in total. The van der Waals surface area contributed by atoms with E-state index in [1.165, 1.54) is 244 Å². The lowest BCUT2D eigenvalue weighted by Gasteiger charge is -2.27. The van der Waals surface area contributed by atoms with Crippen molar-refractivity contribution in [2.45, 2.75) is 340 Å². The molecule has 4 atom stereocenters. The zero-order valence-corrected chi connectivity index (χ0v) is 43.8. The highest BCUT2D eigenvalue weighted by Crippen LogP contribution is 2.18. The summed E-state index contributed by atoms with van der Waals surface area (Å²) >= 11 is 0. The van der Waals surface area contributed by atoms with Gasteiger partial charge < -0.3 is 25.7 Å². The van der Waals surface area contributed by atoms with Gasteiger partial charge in [0.25, 0.3) is 0 Å². The summed E-state index contributed by atoms with van der Waals surface area (Å²) in [5.74, 6) is -0.592. The van der Waals surface area contributed by atoms with Crippen LogP contribution in [0.25, 0.3) is 0 Å². The molecule has 0 heterocycles. The molecule has 0 aromatic heterocycles. The number of hydrogen-bond acceptors (Lipinski definition) is 5. The fourth-order valence-corrected chi connectivity index (χ4v) is 9.31. The molecule has 1 amide bonds. The van der Waals surface area contributed by atoms with Crippen molar-refractivity contribution in [3.8, 4) is 0 Å². The van der Waals surface area contributed by atoms with Gasteiger partial charge in [0.1, 0.15) is 12.2 Å². The Balaban J connectivity index is 3.64. The van der Waals surface area contributed by atoms with Gasteiger partial charge in [0, 0.05) is 0 Å². The molecule has 0 aromatic carbocycles. The molecule has 0 aliphatic carbocycles. The molecule has 386 valence electrons. The molecule has 0 rings (SSSR count). The standard InChI is InChI=1S/C59H115NO5/c1-3-5-7-9-11-13-15-17-19-21-23-24-25-26-27-28-29-30-31-32-33-35-36-38-40-42-44-46-48-50-52-56(62)58(64)55(54-61)60-59(65)57(63)53-51-49-47-45-43-41-39-37-34-22-20-18-16-14-12-10-8-6-4-2/h36,38,44,46,55-58,61-64H,3-35,37,39-43,45,47-54H2,1-2H3,(H,60,65)/b38-36+,46-44+. The van der Waals surface area contributed by atoms with Crippen molar-refractivity contribution in [3.05, 3.63) is 24.3 Å². The monoisotopic (exact) mass is 918 g/mol. The summed E-state index contributed by atoms with van der Waals surface area (Å²) in [6, 6.07) is -1.01. The molecule has 0 saturated carbocycles. The average Bonchev–Trinajstić information content (AvgIpc) is 3.31. The maximum absolute atomic E-state index is 12.6. The predicted octanol–water partition coefficient (Wildman–Crippen LogP) is 17.0. The second-order valence-corrected chi connectivity index (χ2v) is 20.3. The van der Waals surface area contributed by atoms with Crippen LogP contribution in [0.1, 0.15) is 316 Å². The van der Waals surface area contributed by atoms with Crippen molar-refractivity contribution >= 4 is 5.91 Å². The Morgan fingerprint density at radius 3 is 0.969 bits per heavy atom. The first-order valence-corrected chi connectivity index (χ1v) is 29.2. The van der Waals surface area contributed by atoms with Crippen molar-refractivity contribution in [1.82, 2.24) is 5.32 Å². The third kappa shape index (κ3) is 47.6. The van der Waals surface area contributed by atoms with Crippen LogP contribution in [0, 0.1) is 0 Å². The Labute approximate surface area is 405 Å². The molecule has 4 unspecified atom stereocenters. The van der Waals surface area contributed by atoms with Crippen LogP contribution >= 0.6 is 0 Å². The molecule has 0 aromatic rings. The summed E-state index contributed by atoms with van der Waals surface area (Å²) in [7, 11) is 0.